The number of carbonyl (C=O) groups excluding carboxylic acids is 1. The van der Waals surface area contributed by atoms with Crippen molar-refractivity contribution in [3.8, 4) is 28.4 Å². The number of carbonyl (C=O) groups is 1. The van der Waals surface area contributed by atoms with Crippen LogP contribution >= 0.6 is 0 Å². The molecule has 2 bridgehead atoms. The van der Waals surface area contributed by atoms with E-state index in [9.17, 15) is 9.59 Å². The number of anilines is 1. The number of hydrogen-bond acceptors (Lipinski definition) is 8. The van der Waals surface area contributed by atoms with Gasteiger partial charge in [0.05, 0.1) is 16.6 Å². The van der Waals surface area contributed by atoms with Crippen LogP contribution in [0.2, 0.25) is 0 Å². The maximum Gasteiger partial charge on any atom is 0.356 e. The molecule has 0 radical (unpaired) electrons. The molecule has 222 valence electrons. The number of ether oxygens (including phenoxy) is 2. The maximum atomic E-state index is 16.1. The Balaban J connectivity index is 1.68. The van der Waals surface area contributed by atoms with Gasteiger partial charge in [-0.25, -0.2) is 23.1 Å². The molecule has 10 nitrogen and oxygen atoms in total. The average molecular weight is 589 g/mol. The second-order valence-corrected chi connectivity index (χ2v) is 10.8. The highest BCUT2D eigenvalue weighted by atomic mass is 19.1. The van der Waals surface area contributed by atoms with Crippen molar-refractivity contribution < 1.29 is 23.0 Å². The van der Waals surface area contributed by atoms with Crippen molar-refractivity contribution in [3.05, 3.63) is 77.0 Å². The van der Waals surface area contributed by atoms with E-state index >= 15 is 8.78 Å². The first-order valence-electron chi connectivity index (χ1n) is 14.0. The number of benzene rings is 1. The molecule has 3 aromatic heterocycles. The lowest BCUT2D eigenvalue weighted by atomic mass is 10.1. The number of piperazine rings is 1. The van der Waals surface area contributed by atoms with Gasteiger partial charge in [0.15, 0.2) is 11.5 Å². The van der Waals surface area contributed by atoms with Gasteiger partial charge < -0.3 is 19.3 Å². The summed E-state index contributed by atoms with van der Waals surface area (Å²) in [4.78, 5) is 43.5. The highest BCUT2D eigenvalue weighted by Crippen LogP contribution is 2.38. The number of rotatable bonds is 3. The standard InChI is InChI=1S/C31H30F2N6O4/c1-5-24(40)37-11-12-38(18(4)16-37)29-19-15-21(33)27-25-20(32)7-6-8-22(25)42-13-14-43-23-9-10-34-26(17(2)3)28(23)39(30(19)35-27)31(41)36-29/h5-10,15,17-18H,1,11-14,16H2,2-4H3/t18-/m1/s1. The first-order valence-corrected chi connectivity index (χ1v) is 14.0. The van der Waals surface area contributed by atoms with Crippen LogP contribution < -0.4 is 20.1 Å². The van der Waals surface area contributed by atoms with Crippen molar-refractivity contribution in [3.63, 3.8) is 0 Å². The fraction of sp³-hybridized carbons (Fsp3) is 0.323. The largest absolute Gasteiger partial charge is 0.489 e. The summed E-state index contributed by atoms with van der Waals surface area (Å²) in [5.41, 5.74) is -0.250. The van der Waals surface area contributed by atoms with Crippen LogP contribution in [0.4, 0.5) is 14.6 Å². The summed E-state index contributed by atoms with van der Waals surface area (Å²) in [5, 5.41) is 0.233. The molecule has 4 aromatic rings. The van der Waals surface area contributed by atoms with E-state index in [2.05, 4.69) is 21.5 Å². The van der Waals surface area contributed by atoms with E-state index in [-0.39, 0.29) is 64.9 Å². The van der Waals surface area contributed by atoms with E-state index in [1.807, 2.05) is 25.7 Å². The maximum absolute atomic E-state index is 16.1. The molecule has 0 saturated carbocycles. The summed E-state index contributed by atoms with van der Waals surface area (Å²) in [6, 6.07) is 6.77. The summed E-state index contributed by atoms with van der Waals surface area (Å²) in [7, 11) is 0. The lowest BCUT2D eigenvalue weighted by Gasteiger charge is -2.40. The number of amides is 1. The monoisotopic (exact) mass is 588 g/mol. The Kier molecular flexibility index (Phi) is 7.28. The Morgan fingerprint density at radius 3 is 2.58 bits per heavy atom. The van der Waals surface area contributed by atoms with E-state index in [1.165, 1.54) is 34.9 Å². The lowest BCUT2D eigenvalue weighted by Crippen LogP contribution is -2.54. The Hall–Kier alpha value is -4.87. The molecule has 1 amide bonds. The van der Waals surface area contributed by atoms with Gasteiger partial charge in [-0.1, -0.05) is 26.5 Å². The highest BCUT2D eigenvalue weighted by molar-refractivity contribution is 5.91. The molecule has 12 heteroatoms. The highest BCUT2D eigenvalue weighted by Gasteiger charge is 2.31. The third-order valence-corrected chi connectivity index (χ3v) is 7.68. The molecule has 1 saturated heterocycles. The summed E-state index contributed by atoms with van der Waals surface area (Å²) in [5.74, 6) is -1.24. The Morgan fingerprint density at radius 2 is 1.86 bits per heavy atom. The predicted octanol–water partition coefficient (Wildman–Crippen LogP) is 4.24. The Labute approximate surface area is 246 Å². The van der Waals surface area contributed by atoms with Crippen molar-refractivity contribution in [2.24, 2.45) is 0 Å². The van der Waals surface area contributed by atoms with Crippen LogP contribution in [0.3, 0.4) is 0 Å². The molecule has 0 unspecified atom stereocenters. The van der Waals surface area contributed by atoms with Gasteiger partial charge in [0.1, 0.15) is 47.7 Å². The second-order valence-electron chi connectivity index (χ2n) is 10.8. The zero-order valence-electron chi connectivity index (χ0n) is 24.0. The number of aromatic nitrogens is 4. The van der Waals surface area contributed by atoms with Gasteiger partial charge in [-0.3, -0.25) is 9.78 Å². The third-order valence-electron chi connectivity index (χ3n) is 7.68. The quantitative estimate of drug-likeness (QED) is 0.328. The SMILES string of the molecule is C=CC(=O)N1CCN(c2nc(=O)n3c4nc(c(F)cc24)-c2c(F)cccc2OCCOc2ccnc(C(C)C)c2-3)[C@H](C)C1. The molecule has 0 N–H and O–H groups in total. The second kappa shape index (κ2) is 11.1. The summed E-state index contributed by atoms with van der Waals surface area (Å²) >= 11 is 0. The average Bonchev–Trinajstić information content (AvgIpc) is 2.98. The van der Waals surface area contributed by atoms with Crippen LogP contribution in [0.5, 0.6) is 11.5 Å². The summed E-state index contributed by atoms with van der Waals surface area (Å²) in [6.07, 6.45) is 2.85. The van der Waals surface area contributed by atoms with Crippen LogP contribution in [-0.4, -0.2) is 69.2 Å². The van der Waals surface area contributed by atoms with Gasteiger partial charge in [0.25, 0.3) is 0 Å². The van der Waals surface area contributed by atoms with Crippen molar-refractivity contribution in [2.45, 2.75) is 32.7 Å². The van der Waals surface area contributed by atoms with Crippen LogP contribution in [0.25, 0.3) is 28.0 Å². The van der Waals surface area contributed by atoms with E-state index < -0.39 is 17.3 Å². The topological polar surface area (TPSA) is 103 Å². The van der Waals surface area contributed by atoms with Crippen LogP contribution in [-0.2, 0) is 4.79 Å². The number of hydrogen-bond donors (Lipinski definition) is 0. The smallest absolute Gasteiger partial charge is 0.356 e. The minimum absolute atomic E-state index is 0.0241. The molecule has 5 heterocycles. The molecule has 1 aromatic carbocycles. The summed E-state index contributed by atoms with van der Waals surface area (Å²) < 4.78 is 44.6. The third kappa shape index (κ3) is 4.86. The van der Waals surface area contributed by atoms with Crippen molar-refractivity contribution in [2.75, 3.05) is 37.7 Å². The van der Waals surface area contributed by atoms with E-state index in [0.717, 1.165) is 0 Å². The minimum atomic E-state index is -0.812. The van der Waals surface area contributed by atoms with Gasteiger partial charge in [0.2, 0.25) is 5.91 Å². The molecule has 43 heavy (non-hydrogen) atoms. The van der Waals surface area contributed by atoms with Crippen LogP contribution in [0, 0.1) is 11.6 Å². The number of pyridine rings is 2. The normalized spacial score (nSPS) is 16.6. The van der Waals surface area contributed by atoms with E-state index in [0.29, 0.717) is 36.8 Å². The first kappa shape index (κ1) is 28.3. The van der Waals surface area contributed by atoms with Gasteiger partial charge >= 0.3 is 5.69 Å². The van der Waals surface area contributed by atoms with Crippen molar-refractivity contribution in [1.29, 1.82) is 0 Å². The molecule has 1 atom stereocenters. The van der Waals surface area contributed by atoms with Crippen molar-refractivity contribution in [1.82, 2.24) is 24.4 Å². The molecule has 0 spiro atoms. The number of fused-ring (bicyclic) bond motifs is 5. The predicted molar refractivity (Wildman–Crippen MR) is 157 cm³/mol. The molecular formula is C31H30F2N6O4. The molecule has 6 rings (SSSR count). The molecular weight excluding hydrogens is 558 g/mol. The summed E-state index contributed by atoms with van der Waals surface area (Å²) in [6.45, 7) is 10.4. The zero-order chi connectivity index (χ0) is 30.4. The lowest BCUT2D eigenvalue weighted by molar-refractivity contribution is -0.126. The fourth-order valence-electron chi connectivity index (χ4n) is 5.68. The van der Waals surface area contributed by atoms with Crippen LogP contribution in [0.1, 0.15) is 32.4 Å². The molecule has 2 aliphatic rings. The zero-order valence-corrected chi connectivity index (χ0v) is 24.0. The molecule has 2 aliphatic heterocycles. The molecule has 1 fully saturated rings. The Morgan fingerprint density at radius 1 is 1.09 bits per heavy atom. The van der Waals surface area contributed by atoms with Gasteiger partial charge in [-0.15, -0.1) is 0 Å². The van der Waals surface area contributed by atoms with E-state index in [1.54, 1.807) is 17.2 Å². The van der Waals surface area contributed by atoms with Gasteiger partial charge in [-0.2, -0.15) is 4.98 Å². The minimum Gasteiger partial charge on any atom is -0.489 e. The first-order chi connectivity index (χ1) is 20.7. The van der Waals surface area contributed by atoms with Gasteiger partial charge in [0, 0.05) is 37.9 Å². The van der Waals surface area contributed by atoms with Crippen molar-refractivity contribution >= 4 is 22.8 Å². The van der Waals surface area contributed by atoms with E-state index in [4.69, 9.17) is 9.47 Å². The Bertz CT molecular complexity index is 1820. The number of halogens is 2. The molecule has 0 aliphatic carbocycles. The van der Waals surface area contributed by atoms with Crippen LogP contribution in [0.15, 0.2) is 54.0 Å². The number of nitrogens with zero attached hydrogens (tertiary/aromatic N) is 6. The fourth-order valence-corrected chi connectivity index (χ4v) is 5.68. The van der Waals surface area contributed by atoms with Gasteiger partial charge in [-0.05, 0) is 37.1 Å².